The number of ether oxygens (including phenoxy) is 1. The second-order valence-electron chi connectivity index (χ2n) is 6.27. The van der Waals surface area contributed by atoms with Crippen molar-refractivity contribution in [3.05, 3.63) is 83.2 Å². The zero-order chi connectivity index (χ0) is 22.6. The molecule has 10 heteroatoms. The Morgan fingerprint density at radius 2 is 1.81 bits per heavy atom. The molecule has 160 valence electrons. The van der Waals surface area contributed by atoms with E-state index in [2.05, 4.69) is 15.5 Å². The Bertz CT molecular complexity index is 1130. The summed E-state index contributed by atoms with van der Waals surface area (Å²) >= 11 is 0. The average Bonchev–Trinajstić information content (AvgIpc) is 2.75. The number of aromatic nitrogens is 1. The van der Waals surface area contributed by atoms with Gasteiger partial charge in [0, 0.05) is 29.1 Å². The van der Waals surface area contributed by atoms with Gasteiger partial charge in [-0.05, 0) is 24.3 Å². The van der Waals surface area contributed by atoms with Gasteiger partial charge in [0.15, 0.2) is 17.2 Å². The number of oxime groups is 1. The number of rotatable bonds is 5. The van der Waals surface area contributed by atoms with E-state index in [9.17, 15) is 28.3 Å². The third kappa shape index (κ3) is 4.74. The van der Waals surface area contributed by atoms with Gasteiger partial charge in [-0.2, -0.15) is 13.2 Å². The first kappa shape index (κ1) is 21.6. The van der Waals surface area contributed by atoms with Gasteiger partial charge in [-0.3, -0.25) is 4.79 Å². The van der Waals surface area contributed by atoms with Crippen LogP contribution in [0.25, 0.3) is 0 Å². The molecule has 0 fully saturated rings. The highest BCUT2D eigenvalue weighted by atomic mass is 19.4. The van der Waals surface area contributed by atoms with E-state index >= 15 is 0 Å². The highest BCUT2D eigenvalue weighted by Gasteiger charge is 2.30. The normalized spacial score (nSPS) is 11.8. The van der Waals surface area contributed by atoms with Crippen molar-refractivity contribution in [1.29, 1.82) is 0 Å². The topological polar surface area (TPSA) is 104 Å². The number of hydrogen-bond acceptors (Lipinski definition) is 6. The van der Waals surface area contributed by atoms with Crippen molar-refractivity contribution < 1.29 is 33.0 Å². The molecule has 0 atom stereocenters. The van der Waals surface area contributed by atoms with E-state index in [0.29, 0.717) is 11.3 Å². The summed E-state index contributed by atoms with van der Waals surface area (Å²) in [5.74, 6) is -1.03. The van der Waals surface area contributed by atoms with Crippen LogP contribution in [0.15, 0.2) is 65.9 Å². The van der Waals surface area contributed by atoms with E-state index in [1.165, 1.54) is 55.8 Å². The van der Waals surface area contributed by atoms with Crippen molar-refractivity contribution >= 4 is 17.3 Å². The highest BCUT2D eigenvalue weighted by molar-refractivity contribution is 6.13. The lowest BCUT2D eigenvalue weighted by atomic mass is 10.00. The summed E-state index contributed by atoms with van der Waals surface area (Å²) in [7, 11) is 1.33. The van der Waals surface area contributed by atoms with Crippen LogP contribution >= 0.6 is 0 Å². The molecule has 3 aromatic rings. The van der Waals surface area contributed by atoms with Gasteiger partial charge in [0.25, 0.3) is 5.91 Å². The number of aromatic hydroxyl groups is 1. The fourth-order valence-corrected chi connectivity index (χ4v) is 2.79. The van der Waals surface area contributed by atoms with Gasteiger partial charge >= 0.3 is 6.18 Å². The van der Waals surface area contributed by atoms with Crippen LogP contribution in [0.3, 0.4) is 0 Å². The number of hydrogen-bond donors (Lipinski definition) is 3. The number of carbonyl (C=O) groups excluding carboxylic acids is 1. The molecule has 3 N–H and O–H groups in total. The number of halogens is 3. The summed E-state index contributed by atoms with van der Waals surface area (Å²) in [6.45, 7) is 0. The van der Waals surface area contributed by atoms with Crippen molar-refractivity contribution in [1.82, 2.24) is 4.98 Å². The molecule has 0 aliphatic heterocycles. The van der Waals surface area contributed by atoms with Crippen molar-refractivity contribution in [2.24, 2.45) is 5.16 Å². The second-order valence-corrected chi connectivity index (χ2v) is 6.27. The molecule has 0 unspecified atom stereocenters. The Morgan fingerprint density at radius 3 is 2.42 bits per heavy atom. The van der Waals surface area contributed by atoms with E-state index < -0.39 is 23.4 Å². The number of nitrogens with zero attached hydrogens (tertiary/aromatic N) is 2. The fraction of sp³-hybridized carbons (Fsp3) is 0.0952. The summed E-state index contributed by atoms with van der Waals surface area (Å²) < 4.78 is 43.8. The molecule has 1 aromatic heterocycles. The van der Waals surface area contributed by atoms with E-state index in [-0.39, 0.29) is 22.7 Å². The van der Waals surface area contributed by atoms with E-state index in [4.69, 9.17) is 4.74 Å². The zero-order valence-electron chi connectivity index (χ0n) is 16.0. The van der Waals surface area contributed by atoms with Gasteiger partial charge in [-0.1, -0.05) is 29.4 Å². The van der Waals surface area contributed by atoms with Crippen molar-refractivity contribution in [3.63, 3.8) is 0 Å². The van der Waals surface area contributed by atoms with Gasteiger partial charge < -0.3 is 20.4 Å². The minimum absolute atomic E-state index is 0.0691. The molecule has 0 spiro atoms. The second kappa shape index (κ2) is 8.74. The maximum atomic E-state index is 13.0. The predicted octanol–water partition coefficient (Wildman–Crippen LogP) is 4.29. The van der Waals surface area contributed by atoms with Crippen LogP contribution in [0.4, 0.5) is 18.9 Å². The lowest BCUT2D eigenvalue weighted by Crippen LogP contribution is -2.14. The number of nitrogens with one attached hydrogen (secondary N) is 1. The SMILES string of the molecule is COc1ccnc(C(=O)Nc2ccc(/C(=N/O)c3cccc(C(F)(F)F)c3)cc2)c1O. The molecule has 1 heterocycles. The number of methoxy groups -OCH3 is 1. The highest BCUT2D eigenvalue weighted by Crippen LogP contribution is 2.30. The average molecular weight is 431 g/mol. The maximum Gasteiger partial charge on any atom is 0.416 e. The molecule has 1 amide bonds. The molecule has 31 heavy (non-hydrogen) atoms. The molecule has 3 rings (SSSR count). The molecular formula is C21H16F3N3O4. The lowest BCUT2D eigenvalue weighted by Gasteiger charge is -2.11. The molecule has 0 saturated carbocycles. The van der Waals surface area contributed by atoms with Crippen LogP contribution in [-0.2, 0) is 6.18 Å². The predicted molar refractivity (Wildman–Crippen MR) is 106 cm³/mol. The number of amides is 1. The number of anilines is 1. The summed E-state index contributed by atoms with van der Waals surface area (Å²) in [5.41, 5.74) is -0.484. The minimum atomic E-state index is -4.54. The van der Waals surface area contributed by atoms with Crippen molar-refractivity contribution in [3.8, 4) is 11.5 Å². The smallest absolute Gasteiger partial charge is 0.416 e. The molecule has 0 radical (unpaired) electrons. The van der Waals surface area contributed by atoms with Crippen molar-refractivity contribution in [2.75, 3.05) is 12.4 Å². The Labute approximate surface area is 174 Å². The lowest BCUT2D eigenvalue weighted by molar-refractivity contribution is -0.137. The van der Waals surface area contributed by atoms with Crippen LogP contribution in [0.2, 0.25) is 0 Å². The Kier molecular flexibility index (Phi) is 6.10. The first-order valence-electron chi connectivity index (χ1n) is 8.78. The van der Waals surface area contributed by atoms with Gasteiger partial charge in [-0.15, -0.1) is 0 Å². The summed E-state index contributed by atoms with van der Waals surface area (Å²) in [6.07, 6.45) is -3.24. The first-order chi connectivity index (χ1) is 14.7. The molecular weight excluding hydrogens is 415 g/mol. The van der Waals surface area contributed by atoms with Crippen LogP contribution in [0.1, 0.15) is 27.2 Å². The van der Waals surface area contributed by atoms with Crippen LogP contribution in [0.5, 0.6) is 11.5 Å². The van der Waals surface area contributed by atoms with Crippen molar-refractivity contribution in [2.45, 2.75) is 6.18 Å². The first-order valence-corrected chi connectivity index (χ1v) is 8.78. The maximum absolute atomic E-state index is 13.0. The molecule has 0 saturated heterocycles. The van der Waals surface area contributed by atoms with Crippen LogP contribution < -0.4 is 10.1 Å². The Balaban J connectivity index is 1.82. The summed E-state index contributed by atoms with van der Waals surface area (Å²) in [5, 5.41) is 25.0. The standard InChI is InChI=1S/C21H16F3N3O4/c1-31-16-9-10-25-18(19(16)28)20(29)26-15-7-5-12(6-8-15)17(27-30)13-3-2-4-14(11-13)21(22,23)24/h2-11,28,30H,1H3,(H,26,29)/b27-17-. The van der Waals surface area contributed by atoms with Crippen LogP contribution in [0, 0.1) is 0 Å². The number of carbonyl (C=O) groups is 1. The molecule has 0 bridgehead atoms. The van der Waals surface area contributed by atoms with Crippen LogP contribution in [-0.4, -0.2) is 34.0 Å². The zero-order valence-corrected chi connectivity index (χ0v) is 16.0. The summed E-state index contributed by atoms with van der Waals surface area (Å²) in [4.78, 5) is 16.2. The fourth-order valence-electron chi connectivity index (χ4n) is 2.79. The number of pyridine rings is 1. The van der Waals surface area contributed by atoms with E-state index in [1.54, 1.807) is 0 Å². The Morgan fingerprint density at radius 1 is 1.10 bits per heavy atom. The molecule has 0 aliphatic carbocycles. The van der Waals surface area contributed by atoms with E-state index in [0.717, 1.165) is 12.1 Å². The monoisotopic (exact) mass is 431 g/mol. The van der Waals surface area contributed by atoms with Gasteiger partial charge in [0.05, 0.1) is 12.7 Å². The Hall–Kier alpha value is -4.08. The number of alkyl halides is 3. The minimum Gasteiger partial charge on any atom is -0.503 e. The van der Waals surface area contributed by atoms with Gasteiger partial charge in [-0.25, -0.2) is 4.98 Å². The van der Waals surface area contributed by atoms with E-state index in [1.807, 2.05) is 0 Å². The number of benzene rings is 2. The quantitative estimate of drug-likeness (QED) is 0.318. The summed E-state index contributed by atoms with van der Waals surface area (Å²) in [6, 6.07) is 11.6. The molecule has 7 nitrogen and oxygen atoms in total. The third-order valence-electron chi connectivity index (χ3n) is 4.30. The molecule has 2 aromatic carbocycles. The van der Waals surface area contributed by atoms with Gasteiger partial charge in [0.2, 0.25) is 0 Å². The third-order valence-corrected chi connectivity index (χ3v) is 4.30. The van der Waals surface area contributed by atoms with Gasteiger partial charge in [0.1, 0.15) is 5.71 Å². The largest absolute Gasteiger partial charge is 0.503 e. The molecule has 0 aliphatic rings.